The van der Waals surface area contributed by atoms with E-state index in [0.29, 0.717) is 12.6 Å². The Labute approximate surface area is 162 Å². The van der Waals surface area contributed by atoms with Gasteiger partial charge in [0.15, 0.2) is 11.8 Å². The number of fused-ring (bicyclic) bond motifs is 1. The van der Waals surface area contributed by atoms with Crippen molar-refractivity contribution in [2.24, 2.45) is 16.8 Å². The zero-order valence-corrected chi connectivity index (χ0v) is 17.4. The van der Waals surface area contributed by atoms with Crippen LogP contribution in [0.2, 0.25) is 0 Å². The van der Waals surface area contributed by atoms with Crippen LogP contribution in [0.3, 0.4) is 0 Å². The van der Waals surface area contributed by atoms with Crippen molar-refractivity contribution in [3.05, 3.63) is 11.6 Å². The van der Waals surface area contributed by atoms with Crippen LogP contribution in [0.4, 0.5) is 0 Å². The third-order valence-electron chi connectivity index (χ3n) is 5.38. The molecule has 0 amide bonds. The van der Waals surface area contributed by atoms with Crippen molar-refractivity contribution in [3.8, 4) is 0 Å². The van der Waals surface area contributed by atoms with Crippen LogP contribution in [0.1, 0.15) is 57.6 Å². The Balaban J connectivity index is 0.00000208. The fourth-order valence-corrected chi connectivity index (χ4v) is 3.82. The largest absolute Gasteiger partial charge is 0.354 e. The lowest BCUT2D eigenvalue weighted by atomic mass is 9.80. The topological polar surface area (TPSA) is 67.1 Å². The van der Waals surface area contributed by atoms with Crippen LogP contribution in [-0.2, 0) is 19.5 Å². The van der Waals surface area contributed by atoms with Crippen molar-refractivity contribution in [3.63, 3.8) is 0 Å². The van der Waals surface area contributed by atoms with Crippen LogP contribution >= 0.6 is 24.0 Å². The number of hydrogen-bond acceptors (Lipinski definition) is 3. The Morgan fingerprint density at radius 3 is 2.67 bits per heavy atom. The molecule has 0 radical (unpaired) electrons. The highest BCUT2D eigenvalue weighted by Crippen LogP contribution is 2.29. The smallest absolute Gasteiger partial charge is 0.191 e. The highest BCUT2D eigenvalue weighted by molar-refractivity contribution is 14.0. The van der Waals surface area contributed by atoms with Gasteiger partial charge in [0.2, 0.25) is 0 Å². The van der Waals surface area contributed by atoms with Crippen molar-refractivity contribution in [1.29, 1.82) is 0 Å². The lowest BCUT2D eigenvalue weighted by Crippen LogP contribution is -2.45. The van der Waals surface area contributed by atoms with E-state index in [2.05, 4.69) is 44.2 Å². The number of nitrogens with zero attached hydrogens (tertiary/aromatic N) is 4. The molecule has 3 rings (SSSR count). The second-order valence-corrected chi connectivity index (χ2v) is 7.21. The van der Waals surface area contributed by atoms with Crippen molar-refractivity contribution in [1.82, 2.24) is 25.4 Å². The van der Waals surface area contributed by atoms with Gasteiger partial charge in [-0.2, -0.15) is 0 Å². The molecule has 1 aromatic rings. The molecular formula is C17H31IN6. The molecule has 1 aromatic heterocycles. The second-order valence-electron chi connectivity index (χ2n) is 7.21. The van der Waals surface area contributed by atoms with Crippen molar-refractivity contribution < 1.29 is 0 Å². The van der Waals surface area contributed by atoms with Crippen LogP contribution < -0.4 is 10.6 Å². The minimum Gasteiger partial charge on any atom is -0.354 e. The maximum atomic E-state index is 4.37. The summed E-state index contributed by atoms with van der Waals surface area (Å²) in [7, 11) is 1.84. The summed E-state index contributed by atoms with van der Waals surface area (Å²) >= 11 is 0. The summed E-state index contributed by atoms with van der Waals surface area (Å²) in [5.74, 6) is 4.72. The minimum atomic E-state index is 0. The van der Waals surface area contributed by atoms with E-state index in [9.17, 15) is 0 Å². The van der Waals surface area contributed by atoms with Gasteiger partial charge in [0.1, 0.15) is 5.82 Å². The molecule has 1 aliphatic carbocycles. The highest BCUT2D eigenvalue weighted by atomic mass is 127. The molecule has 0 spiro atoms. The summed E-state index contributed by atoms with van der Waals surface area (Å²) in [6.45, 7) is 6.42. The number of halogens is 1. The molecule has 136 valence electrons. The predicted molar refractivity (Wildman–Crippen MR) is 108 cm³/mol. The van der Waals surface area contributed by atoms with Gasteiger partial charge in [-0.3, -0.25) is 4.99 Å². The molecule has 0 bridgehead atoms. The molecule has 0 atom stereocenters. The highest BCUT2D eigenvalue weighted by Gasteiger charge is 2.24. The number of aryl methyl sites for hydroxylation is 1. The molecule has 1 aliphatic heterocycles. The van der Waals surface area contributed by atoms with E-state index >= 15 is 0 Å². The first kappa shape index (κ1) is 19.5. The van der Waals surface area contributed by atoms with Crippen LogP contribution in [0.5, 0.6) is 0 Å². The van der Waals surface area contributed by atoms with E-state index < -0.39 is 0 Å². The van der Waals surface area contributed by atoms with Crippen LogP contribution in [0.15, 0.2) is 4.99 Å². The standard InChI is InChI=1S/C17H30N6.HI/c1-12(2)13-6-8-14(9-7-13)20-17(18-3)19-11-16-22-21-15-5-4-10-23(15)16;/h12-14H,4-11H2,1-3H3,(H2,18,19,20);1H. The van der Waals surface area contributed by atoms with E-state index in [1.807, 2.05) is 7.05 Å². The first-order chi connectivity index (χ1) is 11.2. The molecule has 0 unspecified atom stereocenters. The first-order valence-corrected chi connectivity index (χ1v) is 9.05. The van der Waals surface area contributed by atoms with Gasteiger partial charge in [0.25, 0.3) is 0 Å². The molecule has 2 aliphatic rings. The number of guanidine groups is 1. The average Bonchev–Trinajstić information content (AvgIpc) is 3.16. The number of nitrogens with one attached hydrogen (secondary N) is 2. The average molecular weight is 446 g/mol. The molecular weight excluding hydrogens is 415 g/mol. The molecule has 0 saturated heterocycles. The van der Waals surface area contributed by atoms with E-state index in [0.717, 1.165) is 42.4 Å². The van der Waals surface area contributed by atoms with Gasteiger partial charge >= 0.3 is 0 Å². The SMILES string of the molecule is CN=C(NCc1nnc2n1CCC2)NC1CCC(C(C)C)CC1.I. The fraction of sp³-hybridized carbons (Fsp3) is 0.824. The summed E-state index contributed by atoms with van der Waals surface area (Å²) in [6, 6.07) is 0.542. The summed E-state index contributed by atoms with van der Waals surface area (Å²) in [4.78, 5) is 4.37. The zero-order valence-electron chi connectivity index (χ0n) is 15.1. The Bertz CT molecular complexity index is 545. The maximum absolute atomic E-state index is 4.37. The quantitative estimate of drug-likeness (QED) is 0.424. The molecule has 7 heteroatoms. The second kappa shape index (κ2) is 9.01. The lowest BCUT2D eigenvalue weighted by molar-refractivity contribution is 0.250. The van der Waals surface area contributed by atoms with Crippen molar-refractivity contribution in [2.75, 3.05) is 7.05 Å². The normalized spacial score (nSPS) is 23.8. The summed E-state index contributed by atoms with van der Waals surface area (Å²) in [5, 5.41) is 15.5. The van der Waals surface area contributed by atoms with E-state index in [4.69, 9.17) is 0 Å². The molecule has 2 N–H and O–H groups in total. The molecule has 1 fully saturated rings. The van der Waals surface area contributed by atoms with Crippen LogP contribution in [0.25, 0.3) is 0 Å². The first-order valence-electron chi connectivity index (χ1n) is 9.05. The molecule has 6 nitrogen and oxygen atoms in total. The van der Waals surface area contributed by atoms with Gasteiger partial charge < -0.3 is 15.2 Å². The van der Waals surface area contributed by atoms with Gasteiger partial charge in [-0.1, -0.05) is 13.8 Å². The number of rotatable bonds is 4. The van der Waals surface area contributed by atoms with Gasteiger partial charge in [-0.25, -0.2) is 0 Å². The zero-order chi connectivity index (χ0) is 16.2. The van der Waals surface area contributed by atoms with Crippen molar-refractivity contribution in [2.45, 2.75) is 71.5 Å². The molecule has 1 saturated carbocycles. The number of hydrogen-bond donors (Lipinski definition) is 2. The Morgan fingerprint density at radius 2 is 2.00 bits per heavy atom. The van der Waals surface area contributed by atoms with Gasteiger partial charge in [-0.15, -0.1) is 34.2 Å². The van der Waals surface area contributed by atoms with E-state index in [1.54, 1.807) is 0 Å². The summed E-state index contributed by atoms with van der Waals surface area (Å²) < 4.78 is 2.23. The van der Waals surface area contributed by atoms with Gasteiger partial charge in [0, 0.05) is 26.1 Å². The van der Waals surface area contributed by atoms with Gasteiger partial charge in [-0.05, 0) is 43.9 Å². The monoisotopic (exact) mass is 446 g/mol. The predicted octanol–water partition coefficient (Wildman–Crippen LogP) is 2.72. The molecule has 24 heavy (non-hydrogen) atoms. The summed E-state index contributed by atoms with van der Waals surface area (Å²) in [5.41, 5.74) is 0. The van der Waals surface area contributed by atoms with Crippen LogP contribution in [-0.4, -0.2) is 33.8 Å². The van der Waals surface area contributed by atoms with Gasteiger partial charge in [0.05, 0.1) is 6.54 Å². The Kier molecular flexibility index (Phi) is 7.31. The third kappa shape index (κ3) is 4.61. The number of aromatic nitrogens is 3. The summed E-state index contributed by atoms with van der Waals surface area (Å²) in [6.07, 6.45) is 7.37. The van der Waals surface area contributed by atoms with E-state index in [-0.39, 0.29) is 24.0 Å². The fourth-order valence-electron chi connectivity index (χ4n) is 3.82. The van der Waals surface area contributed by atoms with Crippen LogP contribution in [0, 0.1) is 11.8 Å². The van der Waals surface area contributed by atoms with E-state index in [1.165, 1.54) is 32.1 Å². The number of aliphatic imine (C=N–C) groups is 1. The van der Waals surface area contributed by atoms with Crippen molar-refractivity contribution >= 4 is 29.9 Å². The third-order valence-corrected chi connectivity index (χ3v) is 5.38. The Hall–Kier alpha value is -0.860. The molecule has 2 heterocycles. The minimum absolute atomic E-state index is 0. The Morgan fingerprint density at radius 1 is 1.25 bits per heavy atom. The lowest BCUT2D eigenvalue weighted by Gasteiger charge is -2.32. The molecule has 0 aromatic carbocycles. The maximum Gasteiger partial charge on any atom is 0.191 e.